The van der Waals surface area contributed by atoms with E-state index in [1.807, 2.05) is 13.8 Å². The summed E-state index contributed by atoms with van der Waals surface area (Å²) in [6.45, 7) is 7.86. The number of carboxylic acid groups (broad SMARTS) is 2. The van der Waals surface area contributed by atoms with Crippen LogP contribution in [0.3, 0.4) is 0 Å². The van der Waals surface area contributed by atoms with E-state index in [-0.39, 0.29) is 18.2 Å². The van der Waals surface area contributed by atoms with Crippen LogP contribution in [-0.2, 0) is 24.0 Å². The highest BCUT2D eigenvalue weighted by molar-refractivity contribution is 5.95. The summed E-state index contributed by atoms with van der Waals surface area (Å²) in [5.41, 5.74) is 0. The van der Waals surface area contributed by atoms with Crippen molar-refractivity contribution < 1.29 is 34.2 Å². The van der Waals surface area contributed by atoms with Gasteiger partial charge in [-0.1, -0.05) is 34.1 Å². The highest BCUT2D eigenvalue weighted by Gasteiger charge is 2.33. The molecule has 32 heavy (non-hydrogen) atoms. The molecular formula is C21H36N4O7. The molecule has 182 valence electrons. The first kappa shape index (κ1) is 27.3. The zero-order valence-corrected chi connectivity index (χ0v) is 19.1. The largest absolute Gasteiger partial charge is 0.481 e. The highest BCUT2D eigenvalue weighted by Crippen LogP contribution is 2.11. The molecule has 11 heteroatoms. The number of amides is 3. The Morgan fingerprint density at radius 2 is 1.59 bits per heavy atom. The third-order valence-corrected chi connectivity index (χ3v) is 5.51. The zero-order chi connectivity index (χ0) is 24.4. The molecule has 0 aromatic heterocycles. The first-order valence-electron chi connectivity index (χ1n) is 11.0. The van der Waals surface area contributed by atoms with Gasteiger partial charge < -0.3 is 31.5 Å². The van der Waals surface area contributed by atoms with Gasteiger partial charge >= 0.3 is 11.9 Å². The second-order valence-electron chi connectivity index (χ2n) is 8.71. The average Bonchev–Trinajstić information content (AvgIpc) is 3.24. The molecule has 5 atom stereocenters. The highest BCUT2D eigenvalue weighted by atomic mass is 16.4. The molecule has 11 nitrogen and oxygen atoms in total. The van der Waals surface area contributed by atoms with Crippen LogP contribution >= 0.6 is 0 Å². The summed E-state index contributed by atoms with van der Waals surface area (Å²) in [4.78, 5) is 60.8. The van der Waals surface area contributed by atoms with Crippen LogP contribution in [0.15, 0.2) is 0 Å². The Morgan fingerprint density at radius 3 is 2.06 bits per heavy atom. The van der Waals surface area contributed by atoms with Gasteiger partial charge in [-0.25, -0.2) is 4.79 Å². The molecule has 0 saturated carbocycles. The topological polar surface area (TPSA) is 174 Å². The summed E-state index contributed by atoms with van der Waals surface area (Å²) in [6.07, 6.45) is 1.54. The van der Waals surface area contributed by atoms with Crippen molar-refractivity contribution in [1.82, 2.24) is 21.3 Å². The van der Waals surface area contributed by atoms with E-state index in [0.29, 0.717) is 19.4 Å². The maximum Gasteiger partial charge on any atom is 0.326 e. The van der Waals surface area contributed by atoms with E-state index < -0.39 is 60.3 Å². The Morgan fingerprint density at radius 1 is 0.969 bits per heavy atom. The molecule has 6 N–H and O–H groups in total. The molecule has 1 aliphatic rings. The van der Waals surface area contributed by atoms with Gasteiger partial charge in [-0.05, 0) is 37.6 Å². The van der Waals surface area contributed by atoms with Crippen LogP contribution in [0, 0.1) is 11.8 Å². The lowest BCUT2D eigenvalue weighted by Crippen LogP contribution is -2.58. The number of hydrogen-bond acceptors (Lipinski definition) is 6. The molecule has 1 heterocycles. The molecule has 1 rings (SSSR count). The fraction of sp³-hybridized carbons (Fsp3) is 0.762. The van der Waals surface area contributed by atoms with Crippen molar-refractivity contribution in [2.24, 2.45) is 11.8 Å². The molecule has 5 unspecified atom stereocenters. The van der Waals surface area contributed by atoms with Crippen LogP contribution in [0.4, 0.5) is 0 Å². The molecular weight excluding hydrogens is 420 g/mol. The van der Waals surface area contributed by atoms with Gasteiger partial charge in [-0.2, -0.15) is 0 Å². The second-order valence-corrected chi connectivity index (χ2v) is 8.71. The van der Waals surface area contributed by atoms with Crippen LogP contribution in [0.1, 0.15) is 59.8 Å². The normalized spacial score (nSPS) is 19.5. The Hall–Kier alpha value is -2.69. The number of nitrogens with one attached hydrogen (secondary N) is 4. The van der Waals surface area contributed by atoms with Crippen LogP contribution in [0.2, 0.25) is 0 Å². The number of carbonyl (C=O) groups is 5. The number of rotatable bonds is 13. The number of carboxylic acids is 2. The fourth-order valence-corrected chi connectivity index (χ4v) is 3.48. The summed E-state index contributed by atoms with van der Waals surface area (Å²) in [7, 11) is 0. The fourth-order valence-electron chi connectivity index (χ4n) is 3.48. The summed E-state index contributed by atoms with van der Waals surface area (Å²) >= 11 is 0. The predicted octanol–water partition coefficient (Wildman–Crippen LogP) is -0.156. The van der Waals surface area contributed by atoms with Gasteiger partial charge in [-0.3, -0.25) is 19.2 Å². The monoisotopic (exact) mass is 456 g/mol. The Balaban J connectivity index is 2.95. The lowest BCUT2D eigenvalue weighted by Gasteiger charge is -2.26. The second kappa shape index (κ2) is 13.0. The van der Waals surface area contributed by atoms with Gasteiger partial charge in [-0.15, -0.1) is 0 Å². The standard InChI is InChI=1S/C21H36N4O7/c1-5-12(4)17(21(31)32)25-20(30)15(10-16(26)27)24-19(29)14(9-11(2)3)23-18(28)13-7-6-8-22-13/h11-15,17,22H,5-10H2,1-4H3,(H,23,28)(H,24,29)(H,25,30)(H,26,27)(H,31,32). The van der Waals surface area contributed by atoms with Crippen LogP contribution < -0.4 is 21.3 Å². The third kappa shape index (κ3) is 8.81. The molecule has 0 aromatic carbocycles. The van der Waals surface area contributed by atoms with Crippen LogP contribution in [-0.4, -0.2) is 70.6 Å². The maximum absolute atomic E-state index is 12.9. The van der Waals surface area contributed by atoms with Crippen molar-refractivity contribution in [1.29, 1.82) is 0 Å². The van der Waals surface area contributed by atoms with Crippen molar-refractivity contribution in [3.05, 3.63) is 0 Å². The van der Waals surface area contributed by atoms with E-state index in [9.17, 15) is 34.2 Å². The van der Waals surface area contributed by atoms with E-state index in [4.69, 9.17) is 0 Å². The summed E-state index contributed by atoms with van der Waals surface area (Å²) in [5.74, 6) is -4.86. The van der Waals surface area contributed by atoms with E-state index >= 15 is 0 Å². The van der Waals surface area contributed by atoms with E-state index in [0.717, 1.165) is 6.42 Å². The van der Waals surface area contributed by atoms with Crippen molar-refractivity contribution in [2.45, 2.75) is 84.0 Å². The number of carbonyl (C=O) groups excluding carboxylic acids is 3. The Kier molecular flexibility index (Phi) is 11.1. The Bertz CT molecular complexity index is 692. The molecule has 0 radical (unpaired) electrons. The lowest BCUT2D eigenvalue weighted by molar-refractivity contribution is -0.144. The van der Waals surface area contributed by atoms with Gasteiger partial charge in [0.05, 0.1) is 12.5 Å². The minimum atomic E-state index is -1.48. The van der Waals surface area contributed by atoms with E-state index in [1.54, 1.807) is 13.8 Å². The first-order chi connectivity index (χ1) is 15.0. The molecule has 0 aromatic rings. The minimum Gasteiger partial charge on any atom is -0.481 e. The van der Waals surface area contributed by atoms with Crippen LogP contribution in [0.5, 0.6) is 0 Å². The summed E-state index contributed by atoms with van der Waals surface area (Å²) < 4.78 is 0. The van der Waals surface area contributed by atoms with Crippen LogP contribution in [0.25, 0.3) is 0 Å². The maximum atomic E-state index is 12.9. The quantitative estimate of drug-likeness (QED) is 0.222. The molecule has 1 saturated heterocycles. The zero-order valence-electron chi connectivity index (χ0n) is 19.1. The summed E-state index contributed by atoms with van der Waals surface area (Å²) in [5, 5.41) is 29.0. The molecule has 1 fully saturated rings. The smallest absolute Gasteiger partial charge is 0.326 e. The van der Waals surface area contributed by atoms with E-state index in [2.05, 4.69) is 21.3 Å². The first-order valence-corrected chi connectivity index (χ1v) is 11.0. The average molecular weight is 457 g/mol. The molecule has 0 bridgehead atoms. The third-order valence-electron chi connectivity index (χ3n) is 5.51. The van der Waals surface area contributed by atoms with Crippen molar-refractivity contribution in [3.8, 4) is 0 Å². The van der Waals surface area contributed by atoms with E-state index in [1.165, 1.54) is 0 Å². The van der Waals surface area contributed by atoms with Gasteiger partial charge in [0.2, 0.25) is 17.7 Å². The molecule has 0 aliphatic carbocycles. The Labute approximate surface area is 188 Å². The predicted molar refractivity (Wildman–Crippen MR) is 116 cm³/mol. The molecule has 0 spiro atoms. The van der Waals surface area contributed by atoms with Gasteiger partial charge in [0.1, 0.15) is 18.1 Å². The molecule has 3 amide bonds. The number of aliphatic carboxylic acids is 2. The van der Waals surface area contributed by atoms with Gasteiger partial charge in [0.25, 0.3) is 0 Å². The summed E-state index contributed by atoms with van der Waals surface area (Å²) in [6, 6.07) is -4.07. The van der Waals surface area contributed by atoms with Gasteiger partial charge in [0, 0.05) is 0 Å². The SMILES string of the molecule is CCC(C)C(NC(=O)C(CC(=O)O)NC(=O)C(CC(C)C)NC(=O)C1CCCN1)C(=O)O. The molecule has 1 aliphatic heterocycles. The lowest BCUT2D eigenvalue weighted by atomic mass is 9.98. The minimum absolute atomic E-state index is 0.0381. The van der Waals surface area contributed by atoms with Crippen molar-refractivity contribution >= 4 is 29.7 Å². The van der Waals surface area contributed by atoms with Crippen molar-refractivity contribution in [3.63, 3.8) is 0 Å². The van der Waals surface area contributed by atoms with Crippen molar-refractivity contribution in [2.75, 3.05) is 6.54 Å². The van der Waals surface area contributed by atoms with Gasteiger partial charge in [0.15, 0.2) is 0 Å². The number of hydrogen-bond donors (Lipinski definition) is 6.